The minimum atomic E-state index is 0.109. The SMILES string of the molecule is CN1CCC(N2CCC(C(N)=S)CC2)C1=O. The number of piperidine rings is 1. The molecule has 2 N–H and O–H groups in total. The predicted octanol–water partition coefficient (Wildman–Crippen LogP) is 0.215. The zero-order chi connectivity index (χ0) is 11.7. The molecule has 1 atom stereocenters. The van der Waals surface area contributed by atoms with Gasteiger partial charge in [0.25, 0.3) is 0 Å². The van der Waals surface area contributed by atoms with E-state index in [1.807, 2.05) is 11.9 Å². The first-order valence-corrected chi connectivity index (χ1v) is 6.28. The summed E-state index contributed by atoms with van der Waals surface area (Å²) >= 11 is 5.01. The van der Waals surface area contributed by atoms with Crippen LogP contribution in [0.1, 0.15) is 19.3 Å². The second kappa shape index (κ2) is 4.67. The van der Waals surface area contributed by atoms with Crippen LogP contribution in [0.25, 0.3) is 0 Å². The Balaban J connectivity index is 1.90. The van der Waals surface area contributed by atoms with Crippen molar-refractivity contribution in [2.75, 3.05) is 26.7 Å². The molecule has 0 bridgehead atoms. The van der Waals surface area contributed by atoms with Crippen LogP contribution >= 0.6 is 12.2 Å². The first kappa shape index (κ1) is 11.8. The maximum absolute atomic E-state index is 11.9. The Kier molecular flexibility index (Phi) is 3.44. The van der Waals surface area contributed by atoms with Crippen LogP contribution in [0.5, 0.6) is 0 Å². The topological polar surface area (TPSA) is 49.6 Å². The molecule has 0 spiro atoms. The highest BCUT2D eigenvalue weighted by molar-refractivity contribution is 7.80. The normalized spacial score (nSPS) is 28.7. The largest absolute Gasteiger partial charge is 0.393 e. The lowest BCUT2D eigenvalue weighted by atomic mass is 9.95. The molecule has 2 aliphatic heterocycles. The third kappa shape index (κ3) is 2.20. The Morgan fingerprint density at radius 3 is 2.38 bits per heavy atom. The Morgan fingerprint density at radius 2 is 1.94 bits per heavy atom. The summed E-state index contributed by atoms with van der Waals surface area (Å²) in [6, 6.07) is 0.109. The van der Waals surface area contributed by atoms with Crippen LogP contribution in [0, 0.1) is 5.92 Å². The van der Waals surface area contributed by atoms with E-state index in [9.17, 15) is 4.79 Å². The highest BCUT2D eigenvalue weighted by Crippen LogP contribution is 2.23. The maximum atomic E-state index is 11.9. The van der Waals surface area contributed by atoms with E-state index in [1.54, 1.807) is 0 Å². The average molecular weight is 241 g/mol. The average Bonchev–Trinajstić information content (AvgIpc) is 2.60. The molecular weight excluding hydrogens is 222 g/mol. The zero-order valence-electron chi connectivity index (χ0n) is 9.69. The van der Waals surface area contributed by atoms with Crippen LogP contribution in [0.15, 0.2) is 0 Å². The fourth-order valence-corrected chi connectivity index (χ4v) is 2.87. The lowest BCUT2D eigenvalue weighted by Gasteiger charge is -2.34. The Bertz CT molecular complexity index is 300. The molecule has 2 aliphatic rings. The van der Waals surface area contributed by atoms with Gasteiger partial charge in [-0.3, -0.25) is 9.69 Å². The van der Waals surface area contributed by atoms with Crippen molar-refractivity contribution in [1.29, 1.82) is 0 Å². The quantitative estimate of drug-likeness (QED) is 0.703. The van der Waals surface area contributed by atoms with Gasteiger partial charge in [0.2, 0.25) is 5.91 Å². The summed E-state index contributed by atoms with van der Waals surface area (Å²) in [6.07, 6.45) is 2.97. The van der Waals surface area contributed by atoms with Crippen LogP contribution in [-0.4, -0.2) is 53.4 Å². The standard InChI is InChI=1S/C11H19N3OS/c1-13-5-4-9(11(13)15)14-6-2-8(3-7-14)10(12)16/h8-9H,2-7H2,1H3,(H2,12,16). The number of likely N-dealkylation sites (N-methyl/N-ethyl adjacent to an activating group) is 1. The summed E-state index contributed by atoms with van der Waals surface area (Å²) in [5.41, 5.74) is 5.65. The molecule has 0 aromatic rings. The molecule has 0 aromatic heterocycles. The third-order valence-corrected chi connectivity index (χ3v) is 4.11. The van der Waals surface area contributed by atoms with Crippen LogP contribution in [-0.2, 0) is 4.79 Å². The van der Waals surface area contributed by atoms with Crippen molar-refractivity contribution in [2.45, 2.75) is 25.3 Å². The van der Waals surface area contributed by atoms with Gasteiger partial charge in [-0.05, 0) is 32.4 Å². The summed E-state index contributed by atoms with van der Waals surface area (Å²) < 4.78 is 0. The van der Waals surface area contributed by atoms with Gasteiger partial charge in [-0.25, -0.2) is 0 Å². The molecule has 4 nitrogen and oxygen atoms in total. The summed E-state index contributed by atoms with van der Waals surface area (Å²) in [7, 11) is 1.88. The van der Waals surface area contributed by atoms with Gasteiger partial charge in [0, 0.05) is 19.5 Å². The second-order valence-corrected chi connectivity index (χ2v) is 5.25. The van der Waals surface area contributed by atoms with E-state index in [4.69, 9.17) is 18.0 Å². The molecule has 2 saturated heterocycles. The Hall–Kier alpha value is -0.680. The molecule has 2 rings (SSSR count). The number of nitrogens with two attached hydrogens (primary N) is 1. The van der Waals surface area contributed by atoms with Crippen LogP contribution in [0.3, 0.4) is 0 Å². The molecule has 5 heteroatoms. The van der Waals surface area contributed by atoms with Crippen LogP contribution in [0.4, 0.5) is 0 Å². The first-order chi connectivity index (χ1) is 7.59. The number of thiocarbonyl (C=S) groups is 1. The number of rotatable bonds is 2. The molecule has 1 amide bonds. The number of hydrogen-bond donors (Lipinski definition) is 1. The van der Waals surface area contributed by atoms with Gasteiger partial charge in [-0.1, -0.05) is 12.2 Å². The van der Waals surface area contributed by atoms with Crippen molar-refractivity contribution in [3.05, 3.63) is 0 Å². The number of carbonyl (C=O) groups is 1. The lowest BCUT2D eigenvalue weighted by Crippen LogP contribution is -2.46. The monoisotopic (exact) mass is 241 g/mol. The Morgan fingerprint density at radius 1 is 1.31 bits per heavy atom. The second-order valence-electron chi connectivity index (χ2n) is 4.78. The molecule has 1 unspecified atom stereocenters. The van der Waals surface area contributed by atoms with E-state index < -0.39 is 0 Å². The van der Waals surface area contributed by atoms with Crippen molar-refractivity contribution in [1.82, 2.24) is 9.80 Å². The molecule has 2 fully saturated rings. The fraction of sp³-hybridized carbons (Fsp3) is 0.818. The molecule has 16 heavy (non-hydrogen) atoms. The van der Waals surface area contributed by atoms with Crippen molar-refractivity contribution in [3.8, 4) is 0 Å². The van der Waals surface area contributed by atoms with E-state index in [2.05, 4.69) is 4.90 Å². The number of amides is 1. The molecule has 90 valence electrons. The highest BCUT2D eigenvalue weighted by atomic mass is 32.1. The van der Waals surface area contributed by atoms with Crippen LogP contribution in [0.2, 0.25) is 0 Å². The van der Waals surface area contributed by atoms with Crippen molar-refractivity contribution in [2.24, 2.45) is 11.7 Å². The summed E-state index contributed by atoms with van der Waals surface area (Å²) in [5, 5.41) is 0. The molecule has 0 aromatic carbocycles. The van der Waals surface area contributed by atoms with Gasteiger partial charge in [0.05, 0.1) is 11.0 Å². The summed E-state index contributed by atoms with van der Waals surface area (Å²) in [4.78, 5) is 16.6. The number of hydrogen-bond acceptors (Lipinski definition) is 3. The Labute approximate surface area is 102 Å². The predicted molar refractivity (Wildman–Crippen MR) is 67.1 cm³/mol. The molecule has 0 aliphatic carbocycles. The van der Waals surface area contributed by atoms with Gasteiger partial charge >= 0.3 is 0 Å². The van der Waals surface area contributed by atoms with E-state index in [0.717, 1.165) is 38.9 Å². The molecule has 0 saturated carbocycles. The fourth-order valence-electron chi connectivity index (χ4n) is 2.64. The van der Waals surface area contributed by atoms with Gasteiger partial charge in [0.1, 0.15) is 0 Å². The summed E-state index contributed by atoms with van der Waals surface area (Å²) in [5.74, 6) is 0.647. The van der Waals surface area contributed by atoms with E-state index in [0.29, 0.717) is 10.9 Å². The minimum Gasteiger partial charge on any atom is -0.393 e. The molecular formula is C11H19N3OS. The number of carbonyl (C=O) groups excluding carboxylic acids is 1. The van der Waals surface area contributed by atoms with Gasteiger partial charge in [-0.15, -0.1) is 0 Å². The van der Waals surface area contributed by atoms with Crippen LogP contribution < -0.4 is 5.73 Å². The van der Waals surface area contributed by atoms with E-state index in [-0.39, 0.29) is 11.9 Å². The maximum Gasteiger partial charge on any atom is 0.239 e. The lowest BCUT2D eigenvalue weighted by molar-refractivity contribution is -0.131. The van der Waals surface area contributed by atoms with Gasteiger partial charge < -0.3 is 10.6 Å². The minimum absolute atomic E-state index is 0.109. The first-order valence-electron chi connectivity index (χ1n) is 5.88. The number of likely N-dealkylation sites (tertiary alicyclic amines) is 2. The molecule has 2 heterocycles. The van der Waals surface area contributed by atoms with Crippen molar-refractivity contribution < 1.29 is 4.79 Å². The van der Waals surface area contributed by atoms with E-state index in [1.165, 1.54) is 0 Å². The number of nitrogens with zero attached hydrogens (tertiary/aromatic N) is 2. The van der Waals surface area contributed by atoms with Crippen molar-refractivity contribution >= 4 is 23.1 Å². The van der Waals surface area contributed by atoms with Gasteiger partial charge in [0.15, 0.2) is 0 Å². The summed E-state index contributed by atoms with van der Waals surface area (Å²) in [6.45, 7) is 2.79. The highest BCUT2D eigenvalue weighted by Gasteiger charge is 2.35. The smallest absolute Gasteiger partial charge is 0.239 e. The van der Waals surface area contributed by atoms with Crippen molar-refractivity contribution in [3.63, 3.8) is 0 Å². The van der Waals surface area contributed by atoms with Gasteiger partial charge in [-0.2, -0.15) is 0 Å². The third-order valence-electron chi connectivity index (χ3n) is 3.77. The zero-order valence-corrected chi connectivity index (χ0v) is 10.5. The van der Waals surface area contributed by atoms with E-state index >= 15 is 0 Å². The molecule has 0 radical (unpaired) electrons.